The zero-order chi connectivity index (χ0) is 17.7. The Hall–Kier alpha value is -2.34. The first-order chi connectivity index (χ1) is 11.4. The van der Waals surface area contributed by atoms with Crippen LogP contribution in [0.5, 0.6) is 5.75 Å². The van der Waals surface area contributed by atoms with Crippen LogP contribution in [0.15, 0.2) is 30.9 Å². The number of benzene rings is 1. The summed E-state index contributed by atoms with van der Waals surface area (Å²) in [6, 6.07) is 4.51. The third kappa shape index (κ3) is 4.58. The van der Waals surface area contributed by atoms with E-state index in [1.165, 1.54) is 12.1 Å². The number of aromatic hydroxyl groups is 1. The van der Waals surface area contributed by atoms with Crippen LogP contribution in [-0.2, 0) is 4.79 Å². The molecule has 0 saturated carbocycles. The molecule has 0 aliphatic carbocycles. The standard InChI is InChI=1S/C18H25N3O3/c1-4-17(23)19-15-11-14(5-6-16(15)22)18(24)21-10-8-13(12-21)7-9-20(2)3/h4-6,11,13,22H,1,7-10,12H2,2-3H3,(H,19,23). The van der Waals surface area contributed by atoms with Crippen molar-refractivity contribution in [1.29, 1.82) is 0 Å². The molecule has 2 amide bonds. The number of nitrogens with zero attached hydrogens (tertiary/aromatic N) is 2. The van der Waals surface area contributed by atoms with Gasteiger partial charge < -0.3 is 20.2 Å². The molecule has 1 fully saturated rings. The van der Waals surface area contributed by atoms with Crippen molar-refractivity contribution in [2.45, 2.75) is 12.8 Å². The summed E-state index contributed by atoms with van der Waals surface area (Å²) >= 11 is 0. The van der Waals surface area contributed by atoms with Crippen LogP contribution in [0.25, 0.3) is 0 Å². The van der Waals surface area contributed by atoms with Gasteiger partial charge >= 0.3 is 0 Å². The van der Waals surface area contributed by atoms with E-state index in [4.69, 9.17) is 0 Å². The lowest BCUT2D eigenvalue weighted by Gasteiger charge is -2.18. The molecular weight excluding hydrogens is 306 g/mol. The lowest BCUT2D eigenvalue weighted by Crippen LogP contribution is -2.29. The van der Waals surface area contributed by atoms with Crippen LogP contribution < -0.4 is 5.32 Å². The molecule has 1 unspecified atom stereocenters. The van der Waals surface area contributed by atoms with Gasteiger partial charge in [-0.3, -0.25) is 9.59 Å². The summed E-state index contributed by atoms with van der Waals surface area (Å²) in [6.45, 7) is 5.88. The van der Waals surface area contributed by atoms with Crippen molar-refractivity contribution < 1.29 is 14.7 Å². The predicted molar refractivity (Wildman–Crippen MR) is 94.1 cm³/mol. The van der Waals surface area contributed by atoms with E-state index in [9.17, 15) is 14.7 Å². The molecule has 2 rings (SSSR count). The Morgan fingerprint density at radius 1 is 1.46 bits per heavy atom. The Kier molecular flexibility index (Phi) is 5.98. The summed E-state index contributed by atoms with van der Waals surface area (Å²) in [5, 5.41) is 12.3. The van der Waals surface area contributed by atoms with Gasteiger partial charge in [-0.1, -0.05) is 6.58 Å². The second-order valence-electron chi connectivity index (χ2n) is 6.42. The molecule has 0 spiro atoms. The molecule has 1 aromatic rings. The molecule has 1 heterocycles. The number of likely N-dealkylation sites (tertiary alicyclic amines) is 1. The minimum atomic E-state index is -0.431. The Labute approximate surface area is 142 Å². The van der Waals surface area contributed by atoms with Gasteiger partial charge in [0.25, 0.3) is 5.91 Å². The van der Waals surface area contributed by atoms with E-state index < -0.39 is 5.91 Å². The number of amides is 2. The topological polar surface area (TPSA) is 72.9 Å². The van der Waals surface area contributed by atoms with Crippen molar-refractivity contribution in [3.8, 4) is 5.75 Å². The first-order valence-electron chi connectivity index (χ1n) is 8.11. The largest absolute Gasteiger partial charge is 0.506 e. The molecule has 2 N–H and O–H groups in total. The average Bonchev–Trinajstić information content (AvgIpc) is 3.03. The molecule has 6 heteroatoms. The number of phenols is 1. The summed E-state index contributed by atoms with van der Waals surface area (Å²) in [6.07, 6.45) is 3.20. The van der Waals surface area contributed by atoms with Gasteiger partial charge in [-0.15, -0.1) is 0 Å². The van der Waals surface area contributed by atoms with E-state index in [1.54, 1.807) is 6.07 Å². The Morgan fingerprint density at radius 2 is 2.21 bits per heavy atom. The number of carbonyl (C=O) groups is 2. The summed E-state index contributed by atoms with van der Waals surface area (Å²) in [5.41, 5.74) is 0.675. The maximum Gasteiger partial charge on any atom is 0.253 e. The summed E-state index contributed by atoms with van der Waals surface area (Å²) in [7, 11) is 4.10. The highest BCUT2D eigenvalue weighted by molar-refractivity contribution is 6.02. The zero-order valence-electron chi connectivity index (χ0n) is 14.3. The van der Waals surface area contributed by atoms with Crippen LogP contribution in [0.1, 0.15) is 23.2 Å². The number of nitrogens with one attached hydrogen (secondary N) is 1. The maximum atomic E-state index is 12.7. The van der Waals surface area contributed by atoms with Gasteiger partial charge in [-0.25, -0.2) is 0 Å². The van der Waals surface area contributed by atoms with Gasteiger partial charge in [0.2, 0.25) is 5.91 Å². The molecule has 0 aromatic heterocycles. The highest BCUT2D eigenvalue weighted by Crippen LogP contribution is 2.27. The molecule has 1 saturated heterocycles. The highest BCUT2D eigenvalue weighted by Gasteiger charge is 2.27. The van der Waals surface area contributed by atoms with Gasteiger partial charge in [0.1, 0.15) is 5.75 Å². The number of hydrogen-bond acceptors (Lipinski definition) is 4. The van der Waals surface area contributed by atoms with Crippen LogP contribution in [0.4, 0.5) is 5.69 Å². The van der Waals surface area contributed by atoms with E-state index in [0.29, 0.717) is 11.5 Å². The van der Waals surface area contributed by atoms with Crippen molar-refractivity contribution in [2.75, 3.05) is 39.0 Å². The minimum absolute atomic E-state index is 0.0727. The molecular formula is C18H25N3O3. The molecule has 1 aliphatic rings. The Balaban J connectivity index is 2.03. The maximum absolute atomic E-state index is 12.7. The monoisotopic (exact) mass is 331 g/mol. The molecule has 130 valence electrons. The van der Waals surface area contributed by atoms with Crippen LogP contribution in [-0.4, -0.2) is 60.5 Å². The SMILES string of the molecule is C=CC(=O)Nc1cc(C(=O)N2CCC(CCN(C)C)C2)ccc1O. The quantitative estimate of drug-likeness (QED) is 0.617. The van der Waals surface area contributed by atoms with Crippen LogP contribution in [0, 0.1) is 5.92 Å². The number of rotatable bonds is 6. The fraction of sp³-hybridized carbons (Fsp3) is 0.444. The van der Waals surface area contributed by atoms with Crippen molar-refractivity contribution in [2.24, 2.45) is 5.92 Å². The number of phenolic OH excluding ortho intramolecular Hbond substituents is 1. The third-order valence-corrected chi connectivity index (χ3v) is 4.24. The molecule has 1 aliphatic heterocycles. The highest BCUT2D eigenvalue weighted by atomic mass is 16.3. The first kappa shape index (κ1) is 18.0. The number of anilines is 1. The van der Waals surface area contributed by atoms with Gasteiger partial charge in [-0.2, -0.15) is 0 Å². The molecule has 1 atom stereocenters. The van der Waals surface area contributed by atoms with Gasteiger partial charge in [0.15, 0.2) is 0 Å². The fourth-order valence-corrected chi connectivity index (χ4v) is 2.83. The number of carbonyl (C=O) groups excluding carboxylic acids is 2. The second kappa shape index (κ2) is 7.97. The fourth-order valence-electron chi connectivity index (χ4n) is 2.83. The average molecular weight is 331 g/mol. The first-order valence-corrected chi connectivity index (χ1v) is 8.11. The van der Waals surface area contributed by atoms with Crippen molar-refractivity contribution >= 4 is 17.5 Å². The number of hydrogen-bond donors (Lipinski definition) is 2. The molecule has 1 aromatic carbocycles. The van der Waals surface area contributed by atoms with E-state index in [-0.39, 0.29) is 17.3 Å². The van der Waals surface area contributed by atoms with Crippen molar-refractivity contribution in [3.05, 3.63) is 36.4 Å². The van der Waals surface area contributed by atoms with Gasteiger partial charge in [0, 0.05) is 18.7 Å². The molecule has 6 nitrogen and oxygen atoms in total. The third-order valence-electron chi connectivity index (χ3n) is 4.24. The van der Waals surface area contributed by atoms with Crippen molar-refractivity contribution in [1.82, 2.24) is 9.80 Å². The minimum Gasteiger partial charge on any atom is -0.506 e. The van der Waals surface area contributed by atoms with E-state index in [2.05, 4.69) is 16.8 Å². The van der Waals surface area contributed by atoms with E-state index in [1.807, 2.05) is 19.0 Å². The summed E-state index contributed by atoms with van der Waals surface area (Å²) < 4.78 is 0. The second-order valence-corrected chi connectivity index (χ2v) is 6.42. The molecule has 0 bridgehead atoms. The van der Waals surface area contributed by atoms with Gasteiger partial charge in [-0.05, 0) is 63.7 Å². The Bertz CT molecular complexity index is 628. The lowest BCUT2D eigenvalue weighted by atomic mass is 10.1. The van der Waals surface area contributed by atoms with E-state index in [0.717, 1.165) is 38.6 Å². The van der Waals surface area contributed by atoms with Crippen molar-refractivity contribution in [3.63, 3.8) is 0 Å². The summed E-state index contributed by atoms with van der Waals surface area (Å²) in [4.78, 5) is 28.0. The normalized spacial score (nSPS) is 17.1. The zero-order valence-corrected chi connectivity index (χ0v) is 14.3. The van der Waals surface area contributed by atoms with Crippen LogP contribution >= 0.6 is 0 Å². The predicted octanol–water partition coefficient (Wildman–Crippen LogP) is 1.93. The molecule has 0 radical (unpaired) electrons. The lowest BCUT2D eigenvalue weighted by molar-refractivity contribution is -0.111. The van der Waals surface area contributed by atoms with Gasteiger partial charge in [0.05, 0.1) is 5.69 Å². The van der Waals surface area contributed by atoms with Crippen LogP contribution in [0.2, 0.25) is 0 Å². The van der Waals surface area contributed by atoms with Crippen LogP contribution in [0.3, 0.4) is 0 Å². The Morgan fingerprint density at radius 3 is 2.88 bits per heavy atom. The summed E-state index contributed by atoms with van der Waals surface area (Å²) in [5.74, 6) is -0.0586. The van der Waals surface area contributed by atoms with E-state index >= 15 is 0 Å². The molecule has 24 heavy (non-hydrogen) atoms. The smallest absolute Gasteiger partial charge is 0.253 e.